The Labute approximate surface area is 145 Å². The molecule has 1 N–H and O–H groups in total. The maximum atomic E-state index is 12.1. The highest BCUT2D eigenvalue weighted by molar-refractivity contribution is 7.16. The number of likely N-dealkylation sites (N-methyl/N-ethyl adjacent to an activating group) is 1. The molecule has 122 valence electrons. The van der Waals surface area contributed by atoms with Crippen molar-refractivity contribution in [3.05, 3.63) is 34.2 Å². The molecule has 3 rings (SSSR count). The quantitative estimate of drug-likeness (QED) is 0.855. The summed E-state index contributed by atoms with van der Waals surface area (Å²) in [6.07, 6.45) is 2.59. The van der Waals surface area contributed by atoms with Gasteiger partial charge in [0.2, 0.25) is 5.91 Å². The molecular weight excluding hydrogens is 330 g/mol. The van der Waals surface area contributed by atoms with Crippen LogP contribution in [0.2, 0.25) is 5.02 Å². The van der Waals surface area contributed by atoms with Crippen molar-refractivity contribution in [2.45, 2.75) is 19.8 Å². The van der Waals surface area contributed by atoms with Gasteiger partial charge in [-0.2, -0.15) is 0 Å². The minimum absolute atomic E-state index is 0.00967. The lowest BCUT2D eigenvalue weighted by Crippen LogP contribution is -2.31. The molecule has 1 aliphatic carbocycles. The van der Waals surface area contributed by atoms with Crippen molar-refractivity contribution in [3.63, 3.8) is 0 Å². The zero-order valence-corrected chi connectivity index (χ0v) is 14.9. The lowest BCUT2D eigenvalue weighted by Gasteiger charge is -2.14. The number of halogens is 1. The minimum Gasteiger partial charge on any atom is -0.301 e. The van der Waals surface area contributed by atoms with Crippen LogP contribution in [-0.2, 0) is 4.79 Å². The molecule has 0 saturated heterocycles. The molecule has 1 aromatic heterocycles. The van der Waals surface area contributed by atoms with Crippen LogP contribution in [0.15, 0.2) is 24.3 Å². The Morgan fingerprint density at radius 1 is 1.39 bits per heavy atom. The number of hydrogen-bond donors (Lipinski definition) is 1. The largest absolute Gasteiger partial charge is 0.301 e. The number of aromatic nitrogens is 1. The Bertz CT molecular complexity index is 694. The molecule has 1 saturated carbocycles. The zero-order valence-electron chi connectivity index (χ0n) is 13.3. The first-order valence-electron chi connectivity index (χ1n) is 7.73. The van der Waals surface area contributed by atoms with E-state index in [1.807, 2.05) is 38.2 Å². The molecule has 1 heterocycles. The smallest absolute Gasteiger partial charge is 0.240 e. The Morgan fingerprint density at radius 3 is 2.74 bits per heavy atom. The second-order valence-corrected chi connectivity index (χ2v) is 7.76. The second kappa shape index (κ2) is 6.99. The van der Waals surface area contributed by atoms with E-state index in [1.54, 1.807) is 0 Å². The maximum Gasteiger partial charge on any atom is 0.240 e. The van der Waals surface area contributed by atoms with Crippen LogP contribution in [0, 0.1) is 12.8 Å². The highest BCUT2D eigenvalue weighted by Crippen LogP contribution is 2.31. The van der Waals surface area contributed by atoms with E-state index in [9.17, 15) is 4.79 Å². The van der Waals surface area contributed by atoms with Crippen molar-refractivity contribution in [3.8, 4) is 11.3 Å². The molecule has 0 atom stereocenters. The summed E-state index contributed by atoms with van der Waals surface area (Å²) in [5, 5.41) is 4.26. The number of aryl methyl sites for hydroxylation is 1. The molecule has 0 bridgehead atoms. The van der Waals surface area contributed by atoms with Crippen molar-refractivity contribution in [2.24, 2.45) is 5.92 Å². The van der Waals surface area contributed by atoms with Crippen LogP contribution < -0.4 is 5.32 Å². The van der Waals surface area contributed by atoms with Crippen molar-refractivity contribution < 1.29 is 4.79 Å². The van der Waals surface area contributed by atoms with Gasteiger partial charge in [0.1, 0.15) is 0 Å². The van der Waals surface area contributed by atoms with Gasteiger partial charge in [-0.25, -0.2) is 4.98 Å². The van der Waals surface area contributed by atoms with E-state index in [0.717, 1.165) is 28.6 Å². The average molecular weight is 350 g/mol. The minimum atomic E-state index is -0.00967. The van der Waals surface area contributed by atoms with E-state index in [0.29, 0.717) is 16.7 Å². The predicted molar refractivity (Wildman–Crippen MR) is 96.1 cm³/mol. The van der Waals surface area contributed by atoms with Gasteiger partial charge in [-0.15, -0.1) is 11.3 Å². The molecule has 1 amide bonds. The fraction of sp³-hybridized carbons (Fsp3) is 0.412. The molecule has 0 aliphatic heterocycles. The lowest BCUT2D eigenvalue weighted by molar-refractivity contribution is -0.117. The molecule has 1 aromatic carbocycles. The van der Waals surface area contributed by atoms with Gasteiger partial charge in [0.25, 0.3) is 0 Å². The van der Waals surface area contributed by atoms with Gasteiger partial charge >= 0.3 is 0 Å². The van der Waals surface area contributed by atoms with E-state index in [-0.39, 0.29) is 5.91 Å². The Balaban J connectivity index is 1.63. The number of thiazole rings is 1. The molecule has 1 aliphatic rings. The number of amides is 1. The van der Waals surface area contributed by atoms with E-state index >= 15 is 0 Å². The number of anilines is 1. The van der Waals surface area contributed by atoms with Crippen molar-refractivity contribution >= 4 is 34.0 Å². The molecule has 0 unspecified atom stereocenters. The first-order valence-corrected chi connectivity index (χ1v) is 8.92. The summed E-state index contributed by atoms with van der Waals surface area (Å²) in [5.74, 6) is 0.774. The van der Waals surface area contributed by atoms with Gasteiger partial charge < -0.3 is 5.32 Å². The first-order chi connectivity index (χ1) is 11.0. The third-order valence-corrected chi connectivity index (χ3v) is 4.98. The molecule has 2 aromatic rings. The molecule has 6 heteroatoms. The Morgan fingerprint density at radius 2 is 2.09 bits per heavy atom. The standard InChI is InChI=1S/C17H20ClN3OS/c1-11-16(13-5-7-14(18)8-6-13)20-17(23-11)19-15(22)10-21(2)9-12-3-4-12/h5-8,12H,3-4,9-10H2,1-2H3,(H,19,20,22). The Hall–Kier alpha value is -1.43. The molecule has 4 nitrogen and oxygen atoms in total. The summed E-state index contributed by atoms with van der Waals surface area (Å²) in [6.45, 7) is 3.42. The number of carbonyl (C=O) groups is 1. The fourth-order valence-electron chi connectivity index (χ4n) is 2.54. The molecule has 1 fully saturated rings. The summed E-state index contributed by atoms with van der Waals surface area (Å²) in [7, 11) is 1.99. The summed E-state index contributed by atoms with van der Waals surface area (Å²) in [5.41, 5.74) is 1.91. The number of nitrogens with zero attached hydrogens (tertiary/aromatic N) is 2. The molecular formula is C17H20ClN3OS. The van der Waals surface area contributed by atoms with Gasteiger partial charge in [-0.05, 0) is 44.9 Å². The Kier molecular flexibility index (Phi) is 4.99. The number of rotatable bonds is 6. The van der Waals surface area contributed by atoms with Crippen LogP contribution in [0.3, 0.4) is 0 Å². The number of hydrogen-bond acceptors (Lipinski definition) is 4. The van der Waals surface area contributed by atoms with Gasteiger partial charge in [0, 0.05) is 22.0 Å². The average Bonchev–Trinajstić information content (AvgIpc) is 3.21. The third-order valence-electron chi connectivity index (χ3n) is 3.84. The number of benzene rings is 1. The monoisotopic (exact) mass is 349 g/mol. The van der Waals surface area contributed by atoms with Crippen LogP contribution in [0.4, 0.5) is 5.13 Å². The summed E-state index contributed by atoms with van der Waals surface area (Å²) in [4.78, 5) is 19.8. The van der Waals surface area contributed by atoms with Crippen LogP contribution in [0.5, 0.6) is 0 Å². The topological polar surface area (TPSA) is 45.2 Å². The van der Waals surface area contributed by atoms with Crippen molar-refractivity contribution in [1.82, 2.24) is 9.88 Å². The second-order valence-electron chi connectivity index (χ2n) is 6.12. The van der Waals surface area contributed by atoms with Crippen LogP contribution in [-0.4, -0.2) is 35.9 Å². The van der Waals surface area contributed by atoms with Crippen LogP contribution >= 0.6 is 22.9 Å². The predicted octanol–water partition coefficient (Wildman–Crippen LogP) is 4.05. The van der Waals surface area contributed by atoms with Crippen molar-refractivity contribution in [2.75, 3.05) is 25.5 Å². The SMILES string of the molecule is Cc1sc(NC(=O)CN(C)CC2CC2)nc1-c1ccc(Cl)cc1. The van der Waals surface area contributed by atoms with Gasteiger partial charge in [0.05, 0.1) is 12.2 Å². The molecule has 0 spiro atoms. The molecule has 0 radical (unpaired) electrons. The zero-order chi connectivity index (χ0) is 16.4. The normalized spacial score (nSPS) is 14.3. The van der Waals surface area contributed by atoms with E-state index in [1.165, 1.54) is 24.2 Å². The summed E-state index contributed by atoms with van der Waals surface area (Å²) < 4.78 is 0. The summed E-state index contributed by atoms with van der Waals surface area (Å²) in [6, 6.07) is 7.58. The third kappa shape index (κ3) is 4.53. The van der Waals surface area contributed by atoms with Crippen LogP contribution in [0.1, 0.15) is 17.7 Å². The maximum absolute atomic E-state index is 12.1. The van der Waals surface area contributed by atoms with Gasteiger partial charge in [-0.3, -0.25) is 9.69 Å². The number of nitrogens with one attached hydrogen (secondary N) is 1. The van der Waals surface area contributed by atoms with Gasteiger partial charge in [0.15, 0.2) is 5.13 Å². The van der Waals surface area contributed by atoms with Crippen LogP contribution in [0.25, 0.3) is 11.3 Å². The highest BCUT2D eigenvalue weighted by atomic mass is 35.5. The first kappa shape index (κ1) is 16.4. The van der Waals surface area contributed by atoms with Crippen molar-refractivity contribution in [1.29, 1.82) is 0 Å². The van der Waals surface area contributed by atoms with E-state index in [4.69, 9.17) is 11.6 Å². The summed E-state index contributed by atoms with van der Waals surface area (Å²) >= 11 is 7.42. The number of carbonyl (C=O) groups excluding carboxylic acids is 1. The molecule has 23 heavy (non-hydrogen) atoms. The fourth-order valence-corrected chi connectivity index (χ4v) is 3.51. The lowest BCUT2D eigenvalue weighted by atomic mass is 10.1. The van der Waals surface area contributed by atoms with E-state index in [2.05, 4.69) is 15.2 Å². The van der Waals surface area contributed by atoms with Gasteiger partial charge in [-0.1, -0.05) is 23.7 Å². The van der Waals surface area contributed by atoms with E-state index < -0.39 is 0 Å². The highest BCUT2D eigenvalue weighted by Gasteiger charge is 2.23.